The number of nitro groups is 2. The van der Waals surface area contributed by atoms with Crippen molar-refractivity contribution in [2.45, 2.75) is 6.54 Å². The van der Waals surface area contributed by atoms with Crippen molar-refractivity contribution in [2.24, 2.45) is 0 Å². The normalized spacial score (nSPS) is 13.8. The Bertz CT molecular complexity index is 884. The summed E-state index contributed by atoms with van der Waals surface area (Å²) in [5.41, 5.74) is 1.34. The summed E-state index contributed by atoms with van der Waals surface area (Å²) in [6.07, 6.45) is 0. The van der Waals surface area contributed by atoms with Gasteiger partial charge in [0.1, 0.15) is 5.69 Å². The number of carbonyl (C=O) groups excluding carboxylic acids is 1. The van der Waals surface area contributed by atoms with E-state index in [1.165, 1.54) is 12.1 Å². The van der Waals surface area contributed by atoms with Crippen LogP contribution in [-0.4, -0.2) is 35.4 Å². The molecular weight excluding hydrogens is 354 g/mol. The minimum absolute atomic E-state index is 0.0162. The lowest BCUT2D eigenvalue weighted by atomic mass is 10.1. The molecule has 0 atom stereocenters. The average molecular weight is 371 g/mol. The van der Waals surface area contributed by atoms with Crippen molar-refractivity contribution in [3.63, 3.8) is 0 Å². The van der Waals surface area contributed by atoms with Crippen LogP contribution in [0.2, 0.25) is 0 Å². The Hall–Kier alpha value is -3.69. The molecule has 3 rings (SSSR count). The van der Waals surface area contributed by atoms with Crippen LogP contribution < -0.4 is 15.5 Å². The van der Waals surface area contributed by atoms with Gasteiger partial charge in [0.2, 0.25) is 5.91 Å². The molecule has 10 nitrogen and oxygen atoms in total. The molecule has 0 radical (unpaired) electrons. The number of piperazine rings is 1. The van der Waals surface area contributed by atoms with Crippen LogP contribution in [0, 0.1) is 20.2 Å². The highest BCUT2D eigenvalue weighted by molar-refractivity contribution is 5.82. The Kier molecular flexibility index (Phi) is 5.15. The van der Waals surface area contributed by atoms with Crippen LogP contribution in [0.4, 0.5) is 22.7 Å². The van der Waals surface area contributed by atoms with Crippen LogP contribution in [0.15, 0.2) is 42.5 Å². The number of hydrogen-bond acceptors (Lipinski definition) is 7. The van der Waals surface area contributed by atoms with Crippen LogP contribution >= 0.6 is 0 Å². The Morgan fingerprint density at radius 2 is 1.81 bits per heavy atom. The fraction of sp³-hybridized carbons (Fsp3) is 0.235. The number of non-ortho nitro benzene ring substituents is 1. The third-order valence-corrected chi connectivity index (χ3v) is 4.21. The number of nitro benzene ring substituents is 2. The minimum atomic E-state index is -0.670. The third-order valence-electron chi connectivity index (χ3n) is 4.21. The van der Waals surface area contributed by atoms with Crippen molar-refractivity contribution in [1.82, 2.24) is 5.32 Å². The first kappa shape index (κ1) is 18.1. The zero-order valence-corrected chi connectivity index (χ0v) is 14.3. The maximum absolute atomic E-state index is 11.5. The number of anilines is 2. The largest absolute Gasteiger partial charge is 0.375 e. The van der Waals surface area contributed by atoms with Gasteiger partial charge in [0, 0.05) is 31.4 Å². The van der Waals surface area contributed by atoms with Crippen molar-refractivity contribution in [1.29, 1.82) is 0 Å². The van der Waals surface area contributed by atoms with Gasteiger partial charge in [-0.1, -0.05) is 12.1 Å². The zero-order chi connectivity index (χ0) is 19.4. The zero-order valence-electron chi connectivity index (χ0n) is 14.3. The molecule has 2 N–H and O–H groups in total. The van der Waals surface area contributed by atoms with Gasteiger partial charge in [0.05, 0.1) is 22.5 Å². The Balaban J connectivity index is 1.69. The molecule has 140 valence electrons. The summed E-state index contributed by atoms with van der Waals surface area (Å²) in [5, 5.41) is 27.7. The van der Waals surface area contributed by atoms with E-state index >= 15 is 0 Å². The summed E-state index contributed by atoms with van der Waals surface area (Å²) in [7, 11) is 0. The molecule has 1 aliphatic heterocycles. The first-order valence-electron chi connectivity index (χ1n) is 8.21. The highest BCUT2D eigenvalue weighted by atomic mass is 16.6. The van der Waals surface area contributed by atoms with Crippen LogP contribution in [0.1, 0.15) is 5.56 Å². The van der Waals surface area contributed by atoms with Gasteiger partial charge in [0.15, 0.2) is 0 Å². The van der Waals surface area contributed by atoms with E-state index in [4.69, 9.17) is 0 Å². The second-order valence-electron chi connectivity index (χ2n) is 6.01. The number of amides is 1. The van der Waals surface area contributed by atoms with Gasteiger partial charge in [-0.2, -0.15) is 0 Å². The summed E-state index contributed by atoms with van der Waals surface area (Å²) in [4.78, 5) is 34.1. The molecule has 0 aliphatic carbocycles. The smallest absolute Gasteiger partial charge is 0.299 e. The fourth-order valence-corrected chi connectivity index (χ4v) is 2.82. The van der Waals surface area contributed by atoms with Crippen molar-refractivity contribution < 1.29 is 14.6 Å². The lowest BCUT2D eigenvalue weighted by Crippen LogP contribution is -2.47. The van der Waals surface area contributed by atoms with E-state index in [-0.39, 0.29) is 23.0 Å². The summed E-state index contributed by atoms with van der Waals surface area (Å²) in [6, 6.07) is 11.0. The number of carbonyl (C=O) groups is 1. The van der Waals surface area contributed by atoms with Crippen molar-refractivity contribution in [3.8, 4) is 0 Å². The second kappa shape index (κ2) is 7.68. The minimum Gasteiger partial charge on any atom is -0.375 e. The first-order valence-corrected chi connectivity index (χ1v) is 8.21. The van der Waals surface area contributed by atoms with Crippen molar-refractivity contribution >= 4 is 28.7 Å². The van der Waals surface area contributed by atoms with Crippen LogP contribution in [-0.2, 0) is 11.3 Å². The average Bonchev–Trinajstić information content (AvgIpc) is 2.66. The lowest BCUT2D eigenvalue weighted by molar-refractivity contribution is -0.393. The highest BCUT2D eigenvalue weighted by Crippen LogP contribution is 2.29. The SMILES string of the molecule is O=C1CN(c2ccc(CNc3ccc([N+](=O)[O-])cc3[N+](=O)[O-])cc2)CCN1. The predicted molar refractivity (Wildman–Crippen MR) is 98.7 cm³/mol. The molecular formula is C17H17N5O5. The molecule has 0 spiro atoms. The van der Waals surface area contributed by atoms with Crippen LogP contribution in [0.3, 0.4) is 0 Å². The molecule has 0 aromatic heterocycles. The van der Waals surface area contributed by atoms with Crippen LogP contribution in [0.25, 0.3) is 0 Å². The Morgan fingerprint density at radius 3 is 2.44 bits per heavy atom. The molecule has 2 aromatic rings. The maximum atomic E-state index is 11.5. The van der Waals surface area contributed by atoms with Gasteiger partial charge < -0.3 is 15.5 Å². The van der Waals surface area contributed by atoms with Gasteiger partial charge >= 0.3 is 0 Å². The fourth-order valence-electron chi connectivity index (χ4n) is 2.82. The van der Waals surface area contributed by atoms with E-state index in [2.05, 4.69) is 10.6 Å². The molecule has 0 saturated carbocycles. The highest BCUT2D eigenvalue weighted by Gasteiger charge is 2.19. The quantitative estimate of drug-likeness (QED) is 0.587. The summed E-state index contributed by atoms with van der Waals surface area (Å²) in [5.74, 6) is -0.0162. The molecule has 1 fully saturated rings. The summed E-state index contributed by atoms with van der Waals surface area (Å²) in [6.45, 7) is 1.97. The molecule has 1 heterocycles. The predicted octanol–water partition coefficient (Wildman–Crippen LogP) is 2.05. The molecule has 10 heteroatoms. The topological polar surface area (TPSA) is 131 Å². The monoisotopic (exact) mass is 371 g/mol. The molecule has 2 aromatic carbocycles. The van der Waals surface area contributed by atoms with Gasteiger partial charge in [-0.25, -0.2) is 0 Å². The van der Waals surface area contributed by atoms with E-state index in [0.717, 1.165) is 23.9 Å². The van der Waals surface area contributed by atoms with Gasteiger partial charge in [-0.3, -0.25) is 25.0 Å². The third kappa shape index (κ3) is 4.29. The number of rotatable bonds is 6. The summed E-state index contributed by atoms with van der Waals surface area (Å²) >= 11 is 0. The van der Waals surface area contributed by atoms with E-state index < -0.39 is 9.85 Å². The summed E-state index contributed by atoms with van der Waals surface area (Å²) < 4.78 is 0. The Labute approximate surface area is 154 Å². The maximum Gasteiger partial charge on any atom is 0.299 e. The van der Waals surface area contributed by atoms with Gasteiger partial charge in [-0.05, 0) is 23.8 Å². The van der Waals surface area contributed by atoms with E-state index in [1.54, 1.807) is 0 Å². The second-order valence-corrected chi connectivity index (χ2v) is 6.01. The lowest BCUT2D eigenvalue weighted by Gasteiger charge is -2.28. The van der Waals surface area contributed by atoms with Crippen LogP contribution in [0.5, 0.6) is 0 Å². The molecule has 0 unspecified atom stereocenters. The number of nitrogens with one attached hydrogen (secondary N) is 2. The van der Waals surface area contributed by atoms with E-state index in [1.807, 2.05) is 29.2 Å². The molecule has 1 aliphatic rings. The molecule has 0 bridgehead atoms. The van der Waals surface area contributed by atoms with Gasteiger partial charge in [-0.15, -0.1) is 0 Å². The van der Waals surface area contributed by atoms with Crippen molar-refractivity contribution in [3.05, 3.63) is 68.3 Å². The van der Waals surface area contributed by atoms with E-state index in [9.17, 15) is 25.0 Å². The molecule has 27 heavy (non-hydrogen) atoms. The van der Waals surface area contributed by atoms with Gasteiger partial charge in [0.25, 0.3) is 11.4 Å². The number of nitrogens with zero attached hydrogens (tertiary/aromatic N) is 3. The first-order chi connectivity index (χ1) is 12.9. The number of benzene rings is 2. The number of hydrogen-bond donors (Lipinski definition) is 2. The van der Waals surface area contributed by atoms with Crippen molar-refractivity contribution in [2.75, 3.05) is 29.9 Å². The van der Waals surface area contributed by atoms with E-state index in [0.29, 0.717) is 19.6 Å². The standard InChI is InChI=1S/C17H17N5O5/c23-17-11-20(8-7-18-17)13-3-1-12(2-4-13)10-19-15-6-5-14(21(24)25)9-16(15)22(26)27/h1-6,9,19H,7-8,10-11H2,(H,18,23). The molecule has 1 saturated heterocycles. The molecule has 1 amide bonds. The Morgan fingerprint density at radius 1 is 1.07 bits per heavy atom.